The van der Waals surface area contributed by atoms with E-state index in [1.54, 1.807) is 19.6 Å². The number of ether oxygens (including phenoxy) is 2. The third-order valence-electron chi connectivity index (χ3n) is 15.7. The Kier molecular flexibility index (Phi) is 28.6. The minimum atomic E-state index is -4.49. The second-order valence-electron chi connectivity index (χ2n) is 20.8. The zero-order valence-electron chi connectivity index (χ0n) is 48.3. The van der Waals surface area contributed by atoms with E-state index in [1.165, 1.54) is 24.6 Å². The van der Waals surface area contributed by atoms with Crippen LogP contribution in [0, 0.1) is 27.0 Å². The number of carbonyl (C=O) groups excluding carboxylic acids is 4. The number of thiophene rings is 2. The number of hydrogen-bond acceptors (Lipinski definition) is 8. The summed E-state index contributed by atoms with van der Waals surface area (Å²) in [5.74, 6) is -0.751. The summed E-state index contributed by atoms with van der Waals surface area (Å²) < 4.78 is 92.6. The van der Waals surface area contributed by atoms with Crippen molar-refractivity contribution < 1.29 is 120 Å². The van der Waals surface area contributed by atoms with Gasteiger partial charge in [0.1, 0.15) is 21.3 Å². The average molecular weight is 1310 g/mol. The minimum Gasteiger partial charge on any atom is -0.474 e. The molecule has 20 heteroatoms. The molecule has 0 aliphatic carbocycles. The fourth-order valence-electron chi connectivity index (χ4n) is 11.6. The second-order valence-corrected chi connectivity index (χ2v) is 22.6. The van der Waals surface area contributed by atoms with Gasteiger partial charge in [0.2, 0.25) is 23.0 Å². The van der Waals surface area contributed by atoms with Crippen molar-refractivity contribution in [3.05, 3.63) is 119 Å². The number of hydrogen-bond donors (Lipinski definition) is 0. The molecule has 2 aromatic heterocycles. The number of amides is 4. The van der Waals surface area contributed by atoms with Crippen LogP contribution in [-0.2, 0) is 108 Å². The van der Waals surface area contributed by atoms with Crippen molar-refractivity contribution in [3.63, 3.8) is 0 Å². The van der Waals surface area contributed by atoms with Gasteiger partial charge in [0.25, 0.3) is 11.8 Å². The summed E-state index contributed by atoms with van der Waals surface area (Å²) in [6, 6.07) is 23.2. The molecule has 4 atom stereocenters. The van der Waals surface area contributed by atoms with Gasteiger partial charge in [-0.3, -0.25) is 19.2 Å². The van der Waals surface area contributed by atoms with Crippen LogP contribution in [0.5, 0.6) is 11.5 Å². The molecule has 4 aliphatic heterocycles. The summed E-state index contributed by atoms with van der Waals surface area (Å²) in [5.41, 5.74) is -0.901. The van der Waals surface area contributed by atoms with Crippen LogP contribution < -0.4 is 9.47 Å². The van der Waals surface area contributed by atoms with Crippen molar-refractivity contribution in [1.82, 2.24) is 19.6 Å². The van der Waals surface area contributed by atoms with Crippen molar-refractivity contribution in [3.8, 4) is 11.5 Å². The van der Waals surface area contributed by atoms with Gasteiger partial charge in [-0.15, -0.1) is 22.7 Å². The Hall–Kier alpha value is -2.89. The molecular formula is C60H80F6N4O6S2Y2-4. The number of benzene rings is 2. The molecule has 0 bridgehead atoms. The second kappa shape index (κ2) is 31.3. The first-order chi connectivity index (χ1) is 36.0. The number of carbonyl (C=O) groups is 4. The normalized spacial score (nSPS) is 22.4. The molecule has 0 saturated carbocycles. The van der Waals surface area contributed by atoms with E-state index < -0.39 is 45.4 Å². The van der Waals surface area contributed by atoms with E-state index in [9.17, 15) is 45.5 Å². The van der Waals surface area contributed by atoms with Gasteiger partial charge in [0.05, 0.1) is 12.1 Å². The molecule has 4 aliphatic rings. The molecule has 80 heavy (non-hydrogen) atoms. The molecule has 4 amide bonds. The molecule has 0 N–H and O–H groups in total. The molecule has 440 valence electrons. The number of likely N-dealkylation sites (tertiary alicyclic amines) is 4. The molecule has 4 saturated heterocycles. The summed E-state index contributed by atoms with van der Waals surface area (Å²) >= 11 is 1.10. The SMILES string of the molecule is CC.CCC[C@H]1N(C(C)=O)CCC[C@@]1(Oc1csc(C(F)(F)F)c1)C(=O)N1CCC(C)(c2[c-]cccc2)CC1.CCC[C@H]1N(C(C)=O)CCC[C@@]1(Oc1csc(C(F)(F)F)c1)C(=O)N1CCC(C)(c2[c-]cccc2)CC1.[CH3-].[CH3-].[Y].[Y]. The summed E-state index contributed by atoms with van der Waals surface area (Å²) in [5, 5.41) is 2.62. The first-order valence-electron chi connectivity index (χ1n) is 26.8. The van der Waals surface area contributed by atoms with E-state index in [4.69, 9.17) is 9.47 Å². The summed E-state index contributed by atoms with van der Waals surface area (Å²) in [6.07, 6.45) is -1.83. The first kappa shape index (κ1) is 73.2. The minimum absolute atomic E-state index is 0. The van der Waals surface area contributed by atoms with Crippen LogP contribution in [0.2, 0.25) is 0 Å². The van der Waals surface area contributed by atoms with Gasteiger partial charge in [-0.1, -0.05) is 54.4 Å². The Bertz CT molecular complexity index is 2380. The van der Waals surface area contributed by atoms with E-state index >= 15 is 0 Å². The molecule has 10 nitrogen and oxygen atoms in total. The molecule has 0 unspecified atom stereocenters. The molecule has 6 heterocycles. The van der Waals surface area contributed by atoms with Crippen LogP contribution in [0.1, 0.15) is 153 Å². The molecule has 4 aromatic rings. The number of nitrogens with zero attached hydrogens (tertiary/aromatic N) is 4. The van der Waals surface area contributed by atoms with Crippen molar-refractivity contribution in [2.75, 3.05) is 39.3 Å². The maximum absolute atomic E-state index is 14.3. The Morgan fingerprint density at radius 3 is 1.19 bits per heavy atom. The van der Waals surface area contributed by atoms with Crippen molar-refractivity contribution >= 4 is 46.3 Å². The summed E-state index contributed by atoms with van der Waals surface area (Å²) in [7, 11) is 0. The zero-order valence-corrected chi connectivity index (χ0v) is 55.6. The van der Waals surface area contributed by atoms with Gasteiger partial charge in [-0.25, -0.2) is 0 Å². The number of piperidine rings is 4. The predicted molar refractivity (Wildman–Crippen MR) is 297 cm³/mol. The number of alkyl halides is 6. The van der Waals surface area contributed by atoms with Crippen molar-refractivity contribution in [2.45, 2.75) is 179 Å². The summed E-state index contributed by atoms with van der Waals surface area (Å²) in [6.45, 7) is 18.2. The van der Waals surface area contributed by atoms with Gasteiger partial charge in [-0.2, -0.15) is 98.1 Å². The molecule has 2 radical (unpaired) electrons. The van der Waals surface area contributed by atoms with Crippen molar-refractivity contribution in [2.24, 2.45) is 0 Å². The van der Waals surface area contributed by atoms with E-state index in [0.29, 0.717) is 113 Å². The average Bonchev–Trinajstić information content (AvgIpc) is 4.10. The van der Waals surface area contributed by atoms with Gasteiger partial charge < -0.3 is 43.9 Å². The number of rotatable bonds is 12. The largest absolute Gasteiger partial charge is 0.474 e. The molecular weight excluding hydrogens is 1230 g/mol. The maximum atomic E-state index is 14.3. The molecule has 8 rings (SSSR count). The maximum Gasteiger partial charge on any atom is 0.425 e. The zero-order chi connectivity index (χ0) is 55.7. The smallest absolute Gasteiger partial charge is 0.425 e. The van der Waals surface area contributed by atoms with Crippen LogP contribution in [0.4, 0.5) is 26.3 Å². The van der Waals surface area contributed by atoms with Crippen LogP contribution in [0.25, 0.3) is 0 Å². The predicted octanol–water partition coefficient (Wildman–Crippen LogP) is 14.1. The third kappa shape index (κ3) is 16.7. The quantitative estimate of drug-likeness (QED) is 0.103. The monoisotopic (exact) mass is 1310 g/mol. The van der Waals surface area contributed by atoms with Crippen LogP contribution in [0.15, 0.2) is 71.4 Å². The van der Waals surface area contributed by atoms with Crippen LogP contribution in [-0.4, -0.2) is 106 Å². The van der Waals surface area contributed by atoms with Gasteiger partial charge >= 0.3 is 12.4 Å². The van der Waals surface area contributed by atoms with E-state index in [-0.39, 0.29) is 126 Å². The van der Waals surface area contributed by atoms with E-state index in [0.717, 1.165) is 48.9 Å². The fraction of sp³-hybridized carbons (Fsp3) is 0.567. The summed E-state index contributed by atoms with van der Waals surface area (Å²) in [4.78, 5) is 59.2. The molecule has 0 spiro atoms. The van der Waals surface area contributed by atoms with Gasteiger partial charge in [0, 0.05) is 154 Å². The standard InChI is InChI=1S/2C28H34F3N2O3S.C2H6.2CH3.2Y/c2*1-4-9-23-27(12-8-15-33(23)20(2)34,36-22-18-24(37-19-22)28(29,30)31)25(35)32-16-13-26(3,14-17-32)21-10-6-5-7-11-21;1-2;;;;/h2*5-7,10,18-19,23H,4,8-9,12-17H2,1-3H3;1-2H3;2*1H3;;/q2*-1;;2*-1;;/t2*23-,27+;;;;;/m11...../s1. The topological polar surface area (TPSA) is 99.7 Å². The van der Waals surface area contributed by atoms with E-state index in [1.807, 2.05) is 64.1 Å². The number of halogens is 6. The van der Waals surface area contributed by atoms with Gasteiger partial charge in [-0.05, 0) is 62.2 Å². The fourth-order valence-corrected chi connectivity index (χ4v) is 12.9. The Morgan fingerprint density at radius 2 is 0.925 bits per heavy atom. The molecule has 2 aromatic carbocycles. The van der Waals surface area contributed by atoms with Crippen LogP contribution >= 0.6 is 22.7 Å². The van der Waals surface area contributed by atoms with E-state index in [2.05, 4.69) is 38.1 Å². The molecule has 4 fully saturated rings. The third-order valence-corrected chi connectivity index (χ3v) is 17.6. The first-order valence-corrected chi connectivity index (χ1v) is 28.5. The van der Waals surface area contributed by atoms with Crippen LogP contribution in [0.3, 0.4) is 0 Å². The Morgan fingerprint density at radius 1 is 0.588 bits per heavy atom. The van der Waals surface area contributed by atoms with Gasteiger partial charge in [0.15, 0.2) is 0 Å². The Balaban J connectivity index is 0.000000506. The Labute approximate surface area is 530 Å². The van der Waals surface area contributed by atoms with Crippen molar-refractivity contribution in [1.29, 1.82) is 0 Å².